The van der Waals surface area contributed by atoms with E-state index in [4.69, 9.17) is 21.9 Å². The third-order valence-electron chi connectivity index (χ3n) is 3.50. The second-order valence-electron chi connectivity index (χ2n) is 4.87. The Kier molecular flexibility index (Phi) is 5.23. The number of rotatable bonds is 7. The molecule has 0 saturated heterocycles. The van der Waals surface area contributed by atoms with Gasteiger partial charge in [0.15, 0.2) is 0 Å². The highest BCUT2D eigenvalue weighted by Gasteiger charge is 2.17. The highest BCUT2D eigenvalue weighted by molar-refractivity contribution is 6.31. The molecule has 110 valence electrons. The van der Waals surface area contributed by atoms with Gasteiger partial charge in [-0.05, 0) is 25.0 Å². The number of nitrogens with zero attached hydrogens (tertiary/aromatic N) is 2. The predicted octanol–water partition coefficient (Wildman–Crippen LogP) is 2.24. The van der Waals surface area contributed by atoms with Gasteiger partial charge in [-0.1, -0.05) is 18.5 Å². The summed E-state index contributed by atoms with van der Waals surface area (Å²) in [6, 6.07) is 4.00. The molecule has 0 aliphatic carbocycles. The van der Waals surface area contributed by atoms with Gasteiger partial charge in [-0.25, -0.2) is 0 Å². The largest absolute Gasteiger partial charge is 0.469 e. The number of furan rings is 1. The summed E-state index contributed by atoms with van der Waals surface area (Å²) in [5.74, 6) is 6.61. The fraction of sp³-hybridized carbons (Fsp3) is 0.500. The smallest absolute Gasteiger partial charge is 0.103 e. The van der Waals surface area contributed by atoms with Crippen molar-refractivity contribution in [1.29, 1.82) is 0 Å². The molecular formula is C14H21ClN4O. The molecule has 0 aromatic carbocycles. The normalized spacial score (nSPS) is 12.8. The first kappa shape index (κ1) is 15.1. The van der Waals surface area contributed by atoms with Gasteiger partial charge in [0.2, 0.25) is 0 Å². The zero-order valence-electron chi connectivity index (χ0n) is 11.9. The topological polar surface area (TPSA) is 69.0 Å². The minimum atomic E-state index is 0.137. The SMILES string of the molecule is CCc1nn(C)c(CC(CCc2ccco2)NN)c1Cl. The molecule has 0 spiro atoms. The zero-order valence-corrected chi connectivity index (χ0v) is 12.7. The highest BCUT2D eigenvalue weighted by Crippen LogP contribution is 2.22. The quantitative estimate of drug-likeness (QED) is 0.607. The van der Waals surface area contributed by atoms with Crippen LogP contribution in [0, 0.1) is 0 Å². The Hall–Kier alpha value is -1.30. The molecule has 0 aliphatic rings. The van der Waals surface area contributed by atoms with E-state index in [-0.39, 0.29) is 6.04 Å². The molecule has 2 heterocycles. The molecule has 2 rings (SSSR count). The fourth-order valence-electron chi connectivity index (χ4n) is 2.29. The van der Waals surface area contributed by atoms with E-state index in [9.17, 15) is 0 Å². The molecule has 0 radical (unpaired) electrons. The van der Waals surface area contributed by atoms with E-state index in [1.807, 2.05) is 30.8 Å². The van der Waals surface area contributed by atoms with Crippen LogP contribution in [0.5, 0.6) is 0 Å². The second-order valence-corrected chi connectivity index (χ2v) is 5.25. The first-order valence-corrected chi connectivity index (χ1v) is 7.22. The predicted molar refractivity (Wildman–Crippen MR) is 79.4 cm³/mol. The van der Waals surface area contributed by atoms with E-state index in [2.05, 4.69) is 10.5 Å². The van der Waals surface area contributed by atoms with Crippen molar-refractivity contribution in [3.63, 3.8) is 0 Å². The number of nitrogens with one attached hydrogen (secondary N) is 1. The van der Waals surface area contributed by atoms with Crippen LogP contribution in [0.1, 0.15) is 30.5 Å². The summed E-state index contributed by atoms with van der Waals surface area (Å²) < 4.78 is 7.18. The van der Waals surface area contributed by atoms with E-state index in [1.54, 1.807) is 6.26 Å². The van der Waals surface area contributed by atoms with Crippen molar-refractivity contribution < 1.29 is 4.42 Å². The van der Waals surface area contributed by atoms with Crippen molar-refractivity contribution in [3.8, 4) is 0 Å². The monoisotopic (exact) mass is 296 g/mol. The van der Waals surface area contributed by atoms with Crippen LogP contribution >= 0.6 is 11.6 Å². The Morgan fingerprint density at radius 3 is 2.90 bits per heavy atom. The van der Waals surface area contributed by atoms with E-state index in [1.165, 1.54) is 0 Å². The standard InChI is InChI=1S/C14H21ClN4O/c1-3-12-14(15)13(19(2)18-12)9-10(17-16)6-7-11-5-4-8-20-11/h4-5,8,10,17H,3,6-7,9,16H2,1-2H3. The number of aryl methyl sites for hydroxylation is 3. The lowest BCUT2D eigenvalue weighted by Crippen LogP contribution is -2.37. The lowest BCUT2D eigenvalue weighted by atomic mass is 10.0. The van der Waals surface area contributed by atoms with Gasteiger partial charge in [0.25, 0.3) is 0 Å². The summed E-state index contributed by atoms with van der Waals surface area (Å²) in [5, 5.41) is 5.18. The summed E-state index contributed by atoms with van der Waals surface area (Å²) in [6.07, 6.45) is 5.00. The summed E-state index contributed by atoms with van der Waals surface area (Å²) >= 11 is 6.36. The molecule has 5 nitrogen and oxygen atoms in total. The number of hydrogen-bond acceptors (Lipinski definition) is 4. The number of aromatic nitrogens is 2. The first-order chi connectivity index (χ1) is 9.65. The Bertz CT molecular complexity index is 536. The Morgan fingerprint density at radius 1 is 1.55 bits per heavy atom. The maximum absolute atomic E-state index is 6.36. The second kappa shape index (κ2) is 6.92. The maximum atomic E-state index is 6.36. The van der Waals surface area contributed by atoms with Crippen LogP contribution in [-0.2, 0) is 26.3 Å². The average Bonchev–Trinajstić information content (AvgIpc) is 3.05. The third kappa shape index (κ3) is 3.42. The van der Waals surface area contributed by atoms with Crippen LogP contribution in [0.2, 0.25) is 5.02 Å². The summed E-state index contributed by atoms with van der Waals surface area (Å²) in [4.78, 5) is 0. The molecule has 2 aromatic heterocycles. The van der Waals surface area contributed by atoms with E-state index >= 15 is 0 Å². The molecule has 2 aromatic rings. The number of nitrogens with two attached hydrogens (primary N) is 1. The Morgan fingerprint density at radius 2 is 2.35 bits per heavy atom. The van der Waals surface area contributed by atoms with E-state index in [0.717, 1.165) is 47.9 Å². The first-order valence-electron chi connectivity index (χ1n) is 6.84. The average molecular weight is 297 g/mol. The number of hydrazine groups is 1. The molecule has 1 atom stereocenters. The van der Waals surface area contributed by atoms with Crippen LogP contribution in [0.15, 0.2) is 22.8 Å². The van der Waals surface area contributed by atoms with Crippen LogP contribution in [-0.4, -0.2) is 15.8 Å². The van der Waals surface area contributed by atoms with Gasteiger partial charge >= 0.3 is 0 Å². The molecule has 0 fully saturated rings. The Balaban J connectivity index is 2.00. The zero-order chi connectivity index (χ0) is 14.5. The maximum Gasteiger partial charge on any atom is 0.103 e. The van der Waals surface area contributed by atoms with Gasteiger partial charge in [-0.3, -0.25) is 16.0 Å². The van der Waals surface area contributed by atoms with Gasteiger partial charge in [0.05, 0.1) is 22.7 Å². The minimum absolute atomic E-state index is 0.137. The molecular weight excluding hydrogens is 276 g/mol. The number of halogens is 1. The minimum Gasteiger partial charge on any atom is -0.469 e. The molecule has 1 unspecified atom stereocenters. The van der Waals surface area contributed by atoms with E-state index in [0.29, 0.717) is 0 Å². The van der Waals surface area contributed by atoms with Crippen LogP contribution < -0.4 is 11.3 Å². The van der Waals surface area contributed by atoms with Gasteiger partial charge in [0, 0.05) is 25.9 Å². The van der Waals surface area contributed by atoms with E-state index < -0.39 is 0 Å². The van der Waals surface area contributed by atoms with Crippen molar-refractivity contribution in [2.45, 2.75) is 38.6 Å². The molecule has 0 bridgehead atoms. The van der Waals surface area contributed by atoms with Crippen molar-refractivity contribution in [2.24, 2.45) is 12.9 Å². The summed E-state index contributed by atoms with van der Waals surface area (Å²) in [5.41, 5.74) is 4.81. The highest BCUT2D eigenvalue weighted by atomic mass is 35.5. The number of hydrogen-bond donors (Lipinski definition) is 2. The summed E-state index contributed by atoms with van der Waals surface area (Å²) in [7, 11) is 1.92. The molecule has 6 heteroatoms. The van der Waals surface area contributed by atoms with Crippen LogP contribution in [0.25, 0.3) is 0 Å². The molecule has 0 aliphatic heterocycles. The van der Waals surface area contributed by atoms with Gasteiger partial charge < -0.3 is 4.42 Å². The van der Waals surface area contributed by atoms with Crippen LogP contribution in [0.4, 0.5) is 0 Å². The van der Waals surface area contributed by atoms with Crippen molar-refractivity contribution in [1.82, 2.24) is 15.2 Å². The van der Waals surface area contributed by atoms with Crippen molar-refractivity contribution in [2.75, 3.05) is 0 Å². The van der Waals surface area contributed by atoms with Crippen molar-refractivity contribution >= 4 is 11.6 Å². The van der Waals surface area contributed by atoms with Crippen molar-refractivity contribution in [3.05, 3.63) is 40.6 Å². The molecule has 0 amide bonds. The van der Waals surface area contributed by atoms with Gasteiger partial charge in [0.1, 0.15) is 5.76 Å². The summed E-state index contributed by atoms with van der Waals surface area (Å²) in [6.45, 7) is 2.05. The molecule has 0 saturated carbocycles. The van der Waals surface area contributed by atoms with Gasteiger partial charge in [-0.2, -0.15) is 5.10 Å². The molecule has 3 N–H and O–H groups in total. The lowest BCUT2D eigenvalue weighted by molar-refractivity contribution is 0.441. The van der Waals surface area contributed by atoms with Crippen LogP contribution in [0.3, 0.4) is 0 Å². The lowest BCUT2D eigenvalue weighted by Gasteiger charge is -2.15. The fourth-order valence-corrected chi connectivity index (χ4v) is 2.66. The Labute approximate surface area is 124 Å². The third-order valence-corrected chi connectivity index (χ3v) is 3.93. The van der Waals surface area contributed by atoms with Gasteiger partial charge in [-0.15, -0.1) is 0 Å². The molecule has 20 heavy (non-hydrogen) atoms.